The molecule has 0 fully saturated rings. The lowest BCUT2D eigenvalue weighted by Crippen LogP contribution is -2.05. The molecular weight excluding hydrogens is 258 g/mol. The minimum absolute atomic E-state index is 0.320. The third-order valence-electron chi connectivity index (χ3n) is 4.25. The van der Waals surface area contributed by atoms with Gasteiger partial charge in [-0.3, -0.25) is 0 Å². The van der Waals surface area contributed by atoms with E-state index in [0.717, 1.165) is 12.2 Å². The van der Waals surface area contributed by atoms with Gasteiger partial charge in [-0.1, -0.05) is 48.5 Å². The summed E-state index contributed by atoms with van der Waals surface area (Å²) >= 11 is 0. The standard InChI is InChI=1S/C19H17NO/c1-21-16-7-4-6-14(11-16)18-12-15-10-9-13-5-2-3-8-17(13)19(15)20-18/h2-11,18,20H,12H2,1H3. The highest BCUT2D eigenvalue weighted by Gasteiger charge is 2.23. The molecular formula is C19H17NO. The zero-order valence-corrected chi connectivity index (χ0v) is 12.0. The van der Waals surface area contributed by atoms with Crippen LogP contribution in [0.1, 0.15) is 17.2 Å². The molecule has 1 aliphatic heterocycles. The van der Waals surface area contributed by atoms with Gasteiger partial charge < -0.3 is 10.1 Å². The molecule has 0 radical (unpaired) electrons. The van der Waals surface area contributed by atoms with E-state index in [1.54, 1.807) is 7.11 Å². The molecule has 0 saturated carbocycles. The summed E-state index contributed by atoms with van der Waals surface area (Å²) < 4.78 is 5.33. The number of fused-ring (bicyclic) bond motifs is 3. The van der Waals surface area contributed by atoms with Crippen molar-refractivity contribution in [3.8, 4) is 5.75 Å². The van der Waals surface area contributed by atoms with E-state index in [4.69, 9.17) is 4.74 Å². The van der Waals surface area contributed by atoms with Crippen molar-refractivity contribution in [2.24, 2.45) is 0 Å². The van der Waals surface area contributed by atoms with Crippen molar-refractivity contribution < 1.29 is 4.74 Å². The fourth-order valence-electron chi connectivity index (χ4n) is 3.16. The average molecular weight is 275 g/mol. The number of anilines is 1. The Morgan fingerprint density at radius 1 is 1.00 bits per heavy atom. The Labute approximate surface area is 124 Å². The Morgan fingerprint density at radius 2 is 1.90 bits per heavy atom. The largest absolute Gasteiger partial charge is 0.497 e. The first kappa shape index (κ1) is 12.3. The monoisotopic (exact) mass is 275 g/mol. The van der Waals surface area contributed by atoms with Crippen molar-refractivity contribution in [1.29, 1.82) is 0 Å². The number of hydrogen-bond donors (Lipinski definition) is 1. The van der Waals surface area contributed by atoms with E-state index < -0.39 is 0 Å². The van der Waals surface area contributed by atoms with Crippen LogP contribution < -0.4 is 10.1 Å². The van der Waals surface area contributed by atoms with Gasteiger partial charge in [0.1, 0.15) is 5.75 Å². The smallest absolute Gasteiger partial charge is 0.119 e. The summed E-state index contributed by atoms with van der Waals surface area (Å²) in [7, 11) is 1.71. The number of nitrogens with one attached hydrogen (secondary N) is 1. The maximum Gasteiger partial charge on any atom is 0.119 e. The molecule has 0 saturated heterocycles. The summed E-state index contributed by atoms with van der Waals surface area (Å²) in [5, 5.41) is 6.28. The molecule has 104 valence electrons. The van der Waals surface area contributed by atoms with Gasteiger partial charge in [-0.15, -0.1) is 0 Å². The molecule has 0 aromatic heterocycles. The first-order valence-electron chi connectivity index (χ1n) is 7.26. The molecule has 1 atom stereocenters. The van der Waals surface area contributed by atoms with Crippen LogP contribution >= 0.6 is 0 Å². The molecule has 2 nitrogen and oxygen atoms in total. The van der Waals surface area contributed by atoms with E-state index >= 15 is 0 Å². The van der Waals surface area contributed by atoms with Crippen LogP contribution in [0, 0.1) is 0 Å². The zero-order chi connectivity index (χ0) is 14.2. The number of methoxy groups -OCH3 is 1. The van der Waals surface area contributed by atoms with Crippen molar-refractivity contribution >= 4 is 16.5 Å². The second-order valence-corrected chi connectivity index (χ2v) is 5.50. The molecule has 0 amide bonds. The van der Waals surface area contributed by atoms with E-state index in [2.05, 4.69) is 59.9 Å². The molecule has 1 unspecified atom stereocenters. The summed E-state index contributed by atoms with van der Waals surface area (Å²) in [5.41, 5.74) is 3.94. The van der Waals surface area contributed by atoms with Crippen LogP contribution in [-0.2, 0) is 6.42 Å². The lowest BCUT2D eigenvalue weighted by Gasteiger charge is -2.13. The number of hydrogen-bond acceptors (Lipinski definition) is 2. The Morgan fingerprint density at radius 3 is 2.81 bits per heavy atom. The average Bonchev–Trinajstić information content (AvgIpc) is 2.99. The maximum atomic E-state index is 5.33. The van der Waals surface area contributed by atoms with Crippen molar-refractivity contribution in [3.05, 3.63) is 71.8 Å². The second kappa shape index (κ2) is 4.81. The SMILES string of the molecule is COc1cccc(C2Cc3ccc4ccccc4c3N2)c1. The summed E-state index contributed by atoms with van der Waals surface area (Å²) in [6, 6.07) is 21.6. The molecule has 0 spiro atoms. The highest BCUT2D eigenvalue weighted by atomic mass is 16.5. The summed E-state index contributed by atoms with van der Waals surface area (Å²) in [6.45, 7) is 0. The van der Waals surface area contributed by atoms with Gasteiger partial charge >= 0.3 is 0 Å². The lowest BCUT2D eigenvalue weighted by molar-refractivity contribution is 0.414. The van der Waals surface area contributed by atoms with Crippen LogP contribution in [0.3, 0.4) is 0 Å². The fraction of sp³-hybridized carbons (Fsp3) is 0.158. The molecule has 4 rings (SSSR count). The quantitative estimate of drug-likeness (QED) is 0.740. The van der Waals surface area contributed by atoms with Crippen LogP contribution in [0.2, 0.25) is 0 Å². The Hall–Kier alpha value is -2.48. The van der Waals surface area contributed by atoms with E-state index in [1.165, 1.54) is 27.6 Å². The summed E-state index contributed by atoms with van der Waals surface area (Å²) in [4.78, 5) is 0. The van der Waals surface area contributed by atoms with Crippen molar-refractivity contribution in [1.82, 2.24) is 0 Å². The van der Waals surface area contributed by atoms with E-state index in [9.17, 15) is 0 Å². The van der Waals surface area contributed by atoms with Gasteiger partial charge in [0.2, 0.25) is 0 Å². The lowest BCUT2D eigenvalue weighted by atomic mass is 10.0. The Bertz CT molecular complexity index is 810. The molecule has 1 heterocycles. The number of benzene rings is 3. The molecule has 1 aliphatic rings. The Balaban J connectivity index is 1.74. The van der Waals surface area contributed by atoms with Gasteiger partial charge in [0.25, 0.3) is 0 Å². The summed E-state index contributed by atoms with van der Waals surface area (Å²) in [6.07, 6.45) is 1.02. The van der Waals surface area contributed by atoms with Gasteiger partial charge in [0.15, 0.2) is 0 Å². The number of rotatable bonds is 2. The van der Waals surface area contributed by atoms with Crippen molar-refractivity contribution in [2.45, 2.75) is 12.5 Å². The van der Waals surface area contributed by atoms with Gasteiger partial charge in [-0.2, -0.15) is 0 Å². The highest BCUT2D eigenvalue weighted by Crippen LogP contribution is 2.39. The van der Waals surface area contributed by atoms with Gasteiger partial charge in [-0.25, -0.2) is 0 Å². The van der Waals surface area contributed by atoms with E-state index in [0.29, 0.717) is 6.04 Å². The first-order valence-corrected chi connectivity index (χ1v) is 7.26. The van der Waals surface area contributed by atoms with E-state index in [1.807, 2.05) is 6.07 Å². The predicted octanol–water partition coefficient (Wildman–Crippen LogP) is 4.56. The van der Waals surface area contributed by atoms with Gasteiger partial charge in [0.05, 0.1) is 13.2 Å². The molecule has 0 bridgehead atoms. The van der Waals surface area contributed by atoms with Gasteiger partial charge in [0, 0.05) is 11.1 Å². The third kappa shape index (κ3) is 2.04. The van der Waals surface area contributed by atoms with Crippen molar-refractivity contribution in [3.63, 3.8) is 0 Å². The highest BCUT2D eigenvalue weighted by molar-refractivity contribution is 5.96. The molecule has 1 N–H and O–H groups in total. The molecule has 2 heteroatoms. The van der Waals surface area contributed by atoms with Gasteiger partial charge in [-0.05, 0) is 35.1 Å². The fourth-order valence-corrected chi connectivity index (χ4v) is 3.16. The molecule has 3 aromatic carbocycles. The van der Waals surface area contributed by atoms with Crippen LogP contribution in [0.15, 0.2) is 60.7 Å². The predicted molar refractivity (Wildman–Crippen MR) is 87.0 cm³/mol. The minimum Gasteiger partial charge on any atom is -0.497 e. The van der Waals surface area contributed by atoms with Crippen LogP contribution in [0.25, 0.3) is 10.8 Å². The van der Waals surface area contributed by atoms with Crippen molar-refractivity contribution in [2.75, 3.05) is 12.4 Å². The van der Waals surface area contributed by atoms with Crippen LogP contribution in [0.4, 0.5) is 5.69 Å². The number of ether oxygens (including phenoxy) is 1. The minimum atomic E-state index is 0.320. The first-order chi connectivity index (χ1) is 10.3. The van der Waals surface area contributed by atoms with Crippen LogP contribution in [0.5, 0.6) is 5.75 Å². The molecule has 3 aromatic rings. The van der Waals surface area contributed by atoms with E-state index in [-0.39, 0.29) is 0 Å². The Kier molecular flexibility index (Phi) is 2.81. The zero-order valence-electron chi connectivity index (χ0n) is 12.0. The maximum absolute atomic E-state index is 5.33. The molecule has 21 heavy (non-hydrogen) atoms. The topological polar surface area (TPSA) is 21.3 Å². The second-order valence-electron chi connectivity index (χ2n) is 5.50. The summed E-state index contributed by atoms with van der Waals surface area (Å²) in [5.74, 6) is 0.912. The normalized spacial score (nSPS) is 16.5. The van der Waals surface area contributed by atoms with Crippen LogP contribution in [-0.4, -0.2) is 7.11 Å². The third-order valence-corrected chi connectivity index (χ3v) is 4.25. The molecule has 0 aliphatic carbocycles.